The van der Waals surface area contributed by atoms with Crippen LogP contribution in [0.1, 0.15) is 23.4 Å². The van der Waals surface area contributed by atoms with Crippen molar-refractivity contribution in [2.24, 2.45) is 0 Å². The fourth-order valence-electron chi connectivity index (χ4n) is 3.05. The van der Waals surface area contributed by atoms with Gasteiger partial charge in [0.1, 0.15) is 13.2 Å². The number of rotatable bonds is 7. The summed E-state index contributed by atoms with van der Waals surface area (Å²) in [5.41, 5.74) is 2.92. The second kappa shape index (κ2) is 10.8. The summed E-state index contributed by atoms with van der Waals surface area (Å²) in [7, 11) is 0. The zero-order valence-corrected chi connectivity index (χ0v) is 18.8. The molecule has 11 heteroatoms. The van der Waals surface area contributed by atoms with E-state index >= 15 is 0 Å². The molecule has 32 heavy (non-hydrogen) atoms. The SMILES string of the molecule is CSc1nc(C)c(CCC(=O)OCC(=O)NC(=O)Nc2ccc3c(c2)OCCO3)c(C)n1. The third-order valence-electron chi connectivity index (χ3n) is 4.58. The van der Waals surface area contributed by atoms with E-state index in [9.17, 15) is 14.4 Å². The Bertz CT molecular complexity index is 1010. The highest BCUT2D eigenvalue weighted by atomic mass is 32.2. The maximum atomic E-state index is 12.0. The van der Waals surface area contributed by atoms with Gasteiger partial charge in [-0.3, -0.25) is 14.9 Å². The Morgan fingerprint density at radius 2 is 1.78 bits per heavy atom. The second-order valence-electron chi connectivity index (χ2n) is 6.88. The third-order valence-corrected chi connectivity index (χ3v) is 5.13. The predicted octanol–water partition coefficient (Wildman–Crippen LogP) is 2.41. The molecule has 10 nitrogen and oxygen atoms in total. The number of ether oxygens (including phenoxy) is 3. The Morgan fingerprint density at radius 3 is 2.47 bits per heavy atom. The molecule has 3 rings (SSSR count). The molecule has 0 radical (unpaired) electrons. The molecular formula is C21H24N4O6S. The van der Waals surface area contributed by atoms with Crippen LogP contribution in [0.3, 0.4) is 0 Å². The number of benzene rings is 1. The van der Waals surface area contributed by atoms with Crippen molar-refractivity contribution in [3.8, 4) is 11.5 Å². The molecule has 0 bridgehead atoms. The molecule has 0 saturated heterocycles. The summed E-state index contributed by atoms with van der Waals surface area (Å²) in [5, 5.41) is 5.30. The molecular weight excluding hydrogens is 436 g/mol. The lowest BCUT2D eigenvalue weighted by atomic mass is 10.1. The third kappa shape index (κ3) is 6.33. The number of nitrogens with zero attached hydrogens (tertiary/aromatic N) is 2. The number of hydrogen-bond acceptors (Lipinski definition) is 9. The summed E-state index contributed by atoms with van der Waals surface area (Å²) < 4.78 is 15.8. The van der Waals surface area contributed by atoms with Crippen LogP contribution in [0, 0.1) is 13.8 Å². The summed E-state index contributed by atoms with van der Waals surface area (Å²) >= 11 is 1.45. The standard InChI is InChI=1S/C21H24N4O6S/c1-12-15(13(2)23-21(22-12)32-3)5-7-19(27)31-11-18(26)25-20(28)24-14-4-6-16-17(10-14)30-9-8-29-16/h4,6,10H,5,7-9,11H2,1-3H3,(H2,24,25,26,28). The van der Waals surface area contributed by atoms with Crippen molar-refractivity contribution in [2.45, 2.75) is 31.8 Å². The van der Waals surface area contributed by atoms with Crippen LogP contribution in [0.5, 0.6) is 11.5 Å². The van der Waals surface area contributed by atoms with Gasteiger partial charge in [-0.2, -0.15) is 0 Å². The van der Waals surface area contributed by atoms with Gasteiger partial charge in [-0.15, -0.1) is 0 Å². The van der Waals surface area contributed by atoms with E-state index in [0.717, 1.165) is 17.0 Å². The van der Waals surface area contributed by atoms with E-state index in [2.05, 4.69) is 20.6 Å². The quantitative estimate of drug-likeness (QED) is 0.363. The lowest BCUT2D eigenvalue weighted by molar-refractivity contribution is -0.148. The van der Waals surface area contributed by atoms with Crippen molar-refractivity contribution in [3.05, 3.63) is 35.2 Å². The lowest BCUT2D eigenvalue weighted by Gasteiger charge is -2.19. The average molecular weight is 461 g/mol. The van der Waals surface area contributed by atoms with Crippen LogP contribution < -0.4 is 20.1 Å². The lowest BCUT2D eigenvalue weighted by Crippen LogP contribution is -2.37. The number of fused-ring (bicyclic) bond motifs is 1. The maximum absolute atomic E-state index is 12.0. The van der Waals surface area contributed by atoms with Crippen molar-refractivity contribution in [2.75, 3.05) is 31.4 Å². The number of amides is 3. The number of carbonyl (C=O) groups is 3. The molecule has 0 atom stereocenters. The second-order valence-corrected chi connectivity index (χ2v) is 7.65. The van der Waals surface area contributed by atoms with E-state index in [1.165, 1.54) is 11.8 Å². The average Bonchev–Trinajstić information content (AvgIpc) is 2.76. The van der Waals surface area contributed by atoms with Gasteiger partial charge < -0.3 is 19.5 Å². The molecule has 1 aromatic carbocycles. The highest BCUT2D eigenvalue weighted by molar-refractivity contribution is 7.98. The Hall–Kier alpha value is -3.34. The van der Waals surface area contributed by atoms with Gasteiger partial charge in [-0.1, -0.05) is 11.8 Å². The summed E-state index contributed by atoms with van der Waals surface area (Å²) in [5.74, 6) is -0.204. The number of aromatic nitrogens is 2. The molecule has 0 unspecified atom stereocenters. The predicted molar refractivity (Wildman–Crippen MR) is 117 cm³/mol. The van der Waals surface area contributed by atoms with Crippen molar-refractivity contribution in [1.29, 1.82) is 0 Å². The Balaban J connectivity index is 1.41. The largest absolute Gasteiger partial charge is 0.486 e. The van der Waals surface area contributed by atoms with E-state index < -0.39 is 24.5 Å². The molecule has 1 aliphatic heterocycles. The molecule has 0 spiro atoms. The first kappa shape index (κ1) is 23.3. The summed E-state index contributed by atoms with van der Waals surface area (Å²) in [4.78, 5) is 44.7. The summed E-state index contributed by atoms with van der Waals surface area (Å²) in [6.07, 6.45) is 2.37. The minimum absolute atomic E-state index is 0.0698. The Morgan fingerprint density at radius 1 is 1.09 bits per heavy atom. The van der Waals surface area contributed by atoms with Crippen molar-refractivity contribution >= 4 is 35.4 Å². The van der Waals surface area contributed by atoms with E-state index in [1.807, 2.05) is 20.1 Å². The van der Waals surface area contributed by atoms with Crippen LogP contribution in [0.2, 0.25) is 0 Å². The van der Waals surface area contributed by atoms with Crippen LogP contribution >= 0.6 is 11.8 Å². The number of carbonyl (C=O) groups excluding carboxylic acids is 3. The van der Waals surface area contributed by atoms with E-state index in [1.54, 1.807) is 18.2 Å². The fourth-order valence-corrected chi connectivity index (χ4v) is 3.51. The fraction of sp³-hybridized carbons (Fsp3) is 0.381. The van der Waals surface area contributed by atoms with Gasteiger partial charge in [0.2, 0.25) is 0 Å². The molecule has 3 amide bonds. The topological polar surface area (TPSA) is 129 Å². The van der Waals surface area contributed by atoms with Crippen LogP contribution in [0.4, 0.5) is 10.5 Å². The maximum Gasteiger partial charge on any atom is 0.325 e. The minimum atomic E-state index is -0.750. The molecule has 2 aromatic rings. The van der Waals surface area contributed by atoms with E-state index in [4.69, 9.17) is 14.2 Å². The first-order valence-corrected chi connectivity index (χ1v) is 11.1. The van der Waals surface area contributed by atoms with Gasteiger partial charge in [0, 0.05) is 29.6 Å². The molecule has 0 fully saturated rings. The van der Waals surface area contributed by atoms with Crippen LogP contribution in [-0.4, -0.2) is 54.0 Å². The highest BCUT2D eigenvalue weighted by Gasteiger charge is 2.16. The van der Waals surface area contributed by atoms with Crippen molar-refractivity contribution < 1.29 is 28.6 Å². The van der Waals surface area contributed by atoms with Gasteiger partial charge in [-0.25, -0.2) is 14.8 Å². The number of thioether (sulfide) groups is 1. The molecule has 1 aromatic heterocycles. The smallest absolute Gasteiger partial charge is 0.325 e. The molecule has 0 aliphatic carbocycles. The van der Waals surface area contributed by atoms with Gasteiger partial charge >= 0.3 is 12.0 Å². The van der Waals surface area contributed by atoms with E-state index in [0.29, 0.717) is 42.0 Å². The number of imide groups is 1. The molecule has 170 valence electrons. The van der Waals surface area contributed by atoms with Crippen LogP contribution in [0.15, 0.2) is 23.4 Å². The van der Waals surface area contributed by atoms with Crippen molar-refractivity contribution in [1.82, 2.24) is 15.3 Å². The molecule has 2 heterocycles. The zero-order valence-electron chi connectivity index (χ0n) is 18.0. The Kier molecular flexibility index (Phi) is 7.87. The summed E-state index contributed by atoms with van der Waals surface area (Å²) in [6, 6.07) is 4.13. The zero-order chi connectivity index (χ0) is 23.1. The van der Waals surface area contributed by atoms with Gasteiger partial charge in [0.15, 0.2) is 23.3 Å². The van der Waals surface area contributed by atoms with Gasteiger partial charge in [0.25, 0.3) is 5.91 Å². The van der Waals surface area contributed by atoms with E-state index in [-0.39, 0.29) is 6.42 Å². The number of anilines is 1. The monoisotopic (exact) mass is 460 g/mol. The van der Waals surface area contributed by atoms with Gasteiger partial charge in [0.05, 0.1) is 0 Å². The highest BCUT2D eigenvalue weighted by Crippen LogP contribution is 2.32. The number of esters is 1. The number of aryl methyl sites for hydroxylation is 2. The van der Waals surface area contributed by atoms with Gasteiger partial charge in [-0.05, 0) is 44.2 Å². The Labute approximate surface area is 189 Å². The van der Waals surface area contributed by atoms with Crippen LogP contribution in [-0.2, 0) is 20.7 Å². The first-order valence-electron chi connectivity index (χ1n) is 9.90. The number of hydrogen-bond donors (Lipinski definition) is 2. The normalized spacial score (nSPS) is 12.1. The minimum Gasteiger partial charge on any atom is -0.486 e. The molecule has 2 N–H and O–H groups in total. The van der Waals surface area contributed by atoms with Crippen molar-refractivity contribution in [3.63, 3.8) is 0 Å². The molecule has 0 saturated carbocycles. The summed E-state index contributed by atoms with van der Waals surface area (Å²) in [6.45, 7) is 4.05. The molecule has 1 aliphatic rings. The number of urea groups is 1. The number of nitrogens with one attached hydrogen (secondary N) is 2. The van der Waals surface area contributed by atoms with Crippen LogP contribution in [0.25, 0.3) is 0 Å². The first-order chi connectivity index (χ1) is 15.4.